The van der Waals surface area contributed by atoms with Crippen molar-refractivity contribution in [1.29, 1.82) is 0 Å². The molecule has 366 valence electrons. The molecule has 5 N–H and O–H groups in total. The molecule has 1 unspecified atom stereocenters. The summed E-state index contributed by atoms with van der Waals surface area (Å²) in [6.45, 7) is 6.94. The molecule has 1 aliphatic heterocycles. The molecule has 0 radical (unpaired) electrons. The molecule has 67 heavy (non-hydrogen) atoms. The Morgan fingerprint density at radius 2 is 1.49 bits per heavy atom. The fraction of sp³-hybridized carbons (Fsp3) is 0.489. The lowest BCUT2D eigenvalue weighted by molar-refractivity contribution is -0.145. The number of anilines is 2. The zero-order valence-corrected chi connectivity index (χ0v) is 39.9. The number of benzene rings is 3. The fourth-order valence-electron chi connectivity index (χ4n) is 7.25. The first-order chi connectivity index (χ1) is 32.0. The minimum Gasteiger partial charge on any atom is -0.467 e. The SMILES string of the molecule is COCCOCCOCCC(=O)N[C@@H]1C[C@@H](C(=O)NC(CCNC(=O)[C@H](CC(C)C)N(C)C(=O)Cc2ccc(NC(=O)Nc3ccccc3C)cc2)C(=O)OC)N(S(=O)(=O)c2ccccc2)C1. The number of carbonyl (C=O) groups excluding carboxylic acids is 6. The Hall–Kier alpha value is -5.93. The Morgan fingerprint density at radius 3 is 2.15 bits per heavy atom. The second-order valence-electron chi connectivity index (χ2n) is 16.5. The van der Waals surface area contributed by atoms with E-state index in [1.165, 1.54) is 17.0 Å². The van der Waals surface area contributed by atoms with Gasteiger partial charge >= 0.3 is 12.0 Å². The largest absolute Gasteiger partial charge is 0.467 e. The van der Waals surface area contributed by atoms with Crippen LogP contribution in [0.15, 0.2) is 83.8 Å². The average Bonchev–Trinajstić information content (AvgIpc) is 3.74. The molecule has 3 aromatic carbocycles. The topological polar surface area (TPSA) is 240 Å². The van der Waals surface area contributed by atoms with E-state index in [1.807, 2.05) is 39.0 Å². The number of hydrogen-bond donors (Lipinski definition) is 5. The van der Waals surface area contributed by atoms with Crippen LogP contribution in [0.3, 0.4) is 0 Å². The molecule has 1 aliphatic rings. The van der Waals surface area contributed by atoms with Crippen LogP contribution in [0.25, 0.3) is 0 Å². The smallest absolute Gasteiger partial charge is 0.328 e. The van der Waals surface area contributed by atoms with Gasteiger partial charge in [-0.2, -0.15) is 4.31 Å². The van der Waals surface area contributed by atoms with Crippen molar-refractivity contribution in [3.05, 3.63) is 90.0 Å². The monoisotopic (exact) mass is 951 g/mol. The Kier molecular flexibility index (Phi) is 21.7. The van der Waals surface area contributed by atoms with Crippen LogP contribution in [0.5, 0.6) is 0 Å². The molecule has 20 heteroatoms. The van der Waals surface area contributed by atoms with Gasteiger partial charge < -0.3 is 50.4 Å². The molecule has 4 atom stereocenters. The van der Waals surface area contributed by atoms with E-state index in [1.54, 1.807) is 62.7 Å². The third-order valence-corrected chi connectivity index (χ3v) is 12.8. The van der Waals surface area contributed by atoms with Gasteiger partial charge in [0.25, 0.3) is 0 Å². The number of aryl methyl sites for hydroxylation is 1. The molecule has 4 rings (SSSR count). The summed E-state index contributed by atoms with van der Waals surface area (Å²) in [4.78, 5) is 81.0. The number of esters is 1. The van der Waals surface area contributed by atoms with Gasteiger partial charge in [0.1, 0.15) is 18.1 Å². The lowest BCUT2D eigenvalue weighted by Crippen LogP contribution is -2.52. The number of likely N-dealkylation sites (N-methyl/N-ethyl adjacent to an activating group) is 1. The van der Waals surface area contributed by atoms with E-state index in [0.717, 1.165) is 17.0 Å². The van der Waals surface area contributed by atoms with Crippen LogP contribution in [0.2, 0.25) is 0 Å². The number of nitrogens with one attached hydrogen (secondary N) is 5. The van der Waals surface area contributed by atoms with Crippen LogP contribution in [-0.2, 0) is 59.4 Å². The van der Waals surface area contributed by atoms with Gasteiger partial charge in [-0.1, -0.05) is 62.4 Å². The van der Waals surface area contributed by atoms with E-state index in [-0.39, 0.29) is 68.7 Å². The highest BCUT2D eigenvalue weighted by atomic mass is 32.2. The van der Waals surface area contributed by atoms with Crippen molar-refractivity contribution in [1.82, 2.24) is 25.2 Å². The number of methoxy groups -OCH3 is 2. The number of urea groups is 1. The predicted molar refractivity (Wildman–Crippen MR) is 250 cm³/mol. The Morgan fingerprint density at radius 1 is 0.836 bits per heavy atom. The summed E-state index contributed by atoms with van der Waals surface area (Å²) in [5.41, 5.74) is 2.78. The second-order valence-corrected chi connectivity index (χ2v) is 18.3. The molecule has 1 fully saturated rings. The second kappa shape index (κ2) is 27.0. The molecule has 19 nitrogen and oxygen atoms in total. The van der Waals surface area contributed by atoms with Gasteiger partial charge in [-0.15, -0.1) is 0 Å². The molecule has 0 aromatic heterocycles. The van der Waals surface area contributed by atoms with E-state index in [2.05, 4.69) is 26.6 Å². The predicted octanol–water partition coefficient (Wildman–Crippen LogP) is 3.24. The van der Waals surface area contributed by atoms with Gasteiger partial charge in [0.2, 0.25) is 33.7 Å². The van der Waals surface area contributed by atoms with E-state index in [9.17, 15) is 37.2 Å². The lowest BCUT2D eigenvalue weighted by atomic mass is 10.0. The fourth-order valence-corrected chi connectivity index (χ4v) is 8.92. The van der Waals surface area contributed by atoms with Crippen molar-refractivity contribution in [3.63, 3.8) is 0 Å². The van der Waals surface area contributed by atoms with Crippen molar-refractivity contribution in [2.75, 3.05) is 78.0 Å². The van der Waals surface area contributed by atoms with Gasteiger partial charge in [0.15, 0.2) is 0 Å². The summed E-state index contributed by atoms with van der Waals surface area (Å²) in [6, 6.07) is 17.1. The van der Waals surface area contributed by atoms with Gasteiger partial charge in [-0.25, -0.2) is 18.0 Å². The molecular weight excluding hydrogens is 887 g/mol. The molecule has 0 bridgehead atoms. The summed E-state index contributed by atoms with van der Waals surface area (Å²) in [6.07, 6.45) is 0.0702. The zero-order chi connectivity index (χ0) is 48.9. The molecular formula is C47H65N7O12S. The Bertz CT molecular complexity index is 2210. The molecule has 6 amide bonds. The third-order valence-electron chi connectivity index (χ3n) is 10.9. The normalized spacial score (nSPS) is 15.8. The number of ether oxygens (including phenoxy) is 4. The number of amides is 6. The Labute approximate surface area is 393 Å². The van der Waals surface area contributed by atoms with Crippen LogP contribution in [0.1, 0.15) is 50.7 Å². The number of carbonyl (C=O) groups is 6. The number of rotatable bonds is 26. The number of nitrogens with zero attached hydrogens (tertiary/aromatic N) is 2. The van der Waals surface area contributed by atoms with Gasteiger partial charge in [-0.05, 0) is 73.6 Å². The quantitative estimate of drug-likeness (QED) is 0.0576. The van der Waals surface area contributed by atoms with Crippen molar-refractivity contribution in [2.45, 2.75) is 81.9 Å². The van der Waals surface area contributed by atoms with Crippen molar-refractivity contribution in [2.24, 2.45) is 5.92 Å². The standard InChI is InChI=1S/C47H65N7O12S/c1-32(2)28-40(53(4)43(56)29-34-16-18-35(19-17-34)50-47(60)52-38-15-11-10-12-33(38)3)44(57)48-22-20-39(46(59)64-6)51-45(58)41-30-36(31-54(41)67(61,62)37-13-8-7-9-14-37)49-42(55)21-23-65-26-27-66-25-24-63-5/h7-19,32,36,39-41H,20-31H2,1-6H3,(H,48,57)(H,49,55)(H,51,58)(H2,50,52,60)/t36-,39?,40+,41+/m1/s1. The number of hydrogen-bond acceptors (Lipinski definition) is 12. The minimum absolute atomic E-state index is 0.0149. The first-order valence-electron chi connectivity index (χ1n) is 22.2. The maximum absolute atomic E-state index is 14.0. The molecule has 0 aliphatic carbocycles. The lowest BCUT2D eigenvalue weighted by Gasteiger charge is -2.29. The van der Waals surface area contributed by atoms with Gasteiger partial charge in [-0.3, -0.25) is 19.2 Å². The summed E-state index contributed by atoms with van der Waals surface area (Å²) in [7, 11) is -0.00115. The first kappa shape index (κ1) is 53.7. The molecule has 1 heterocycles. The summed E-state index contributed by atoms with van der Waals surface area (Å²) >= 11 is 0. The van der Waals surface area contributed by atoms with Crippen LogP contribution in [-0.4, -0.2) is 145 Å². The molecule has 0 saturated carbocycles. The Balaban J connectivity index is 1.35. The van der Waals surface area contributed by atoms with Gasteiger partial charge in [0.05, 0.1) is 51.5 Å². The van der Waals surface area contributed by atoms with Gasteiger partial charge in [0, 0.05) is 51.1 Å². The van der Waals surface area contributed by atoms with Crippen LogP contribution in [0.4, 0.5) is 16.2 Å². The van der Waals surface area contributed by atoms with Crippen molar-refractivity contribution >= 4 is 57.0 Å². The first-order valence-corrected chi connectivity index (χ1v) is 23.6. The van der Waals surface area contributed by atoms with Crippen LogP contribution in [0, 0.1) is 12.8 Å². The highest BCUT2D eigenvalue weighted by Gasteiger charge is 2.45. The molecule has 1 saturated heterocycles. The third kappa shape index (κ3) is 17.0. The summed E-state index contributed by atoms with van der Waals surface area (Å²) in [5, 5.41) is 13.8. The minimum atomic E-state index is -4.25. The maximum atomic E-state index is 14.0. The summed E-state index contributed by atoms with van der Waals surface area (Å²) < 4.78 is 49.5. The van der Waals surface area contributed by atoms with E-state index in [0.29, 0.717) is 43.2 Å². The van der Waals surface area contributed by atoms with E-state index < -0.39 is 63.9 Å². The van der Waals surface area contributed by atoms with Crippen LogP contribution < -0.4 is 26.6 Å². The molecule has 3 aromatic rings. The van der Waals surface area contributed by atoms with Crippen molar-refractivity contribution < 1.29 is 56.1 Å². The average molecular weight is 952 g/mol. The number of para-hydroxylation sites is 1. The van der Waals surface area contributed by atoms with E-state index >= 15 is 0 Å². The molecule has 0 spiro atoms. The van der Waals surface area contributed by atoms with Crippen molar-refractivity contribution in [3.8, 4) is 0 Å². The number of sulfonamides is 1. The maximum Gasteiger partial charge on any atom is 0.328 e. The highest BCUT2D eigenvalue weighted by molar-refractivity contribution is 7.89. The summed E-state index contributed by atoms with van der Waals surface area (Å²) in [5.74, 6) is -2.82. The van der Waals surface area contributed by atoms with Crippen LogP contribution >= 0.6 is 0 Å². The highest BCUT2D eigenvalue weighted by Crippen LogP contribution is 2.27. The zero-order valence-electron chi connectivity index (χ0n) is 39.1. The van der Waals surface area contributed by atoms with E-state index in [4.69, 9.17) is 18.9 Å².